The third-order valence-electron chi connectivity index (χ3n) is 5.15. The smallest absolute Gasteiger partial charge is 0.185 e. The molecule has 0 saturated carbocycles. The molecular formula is C21H21NO3. The molecule has 2 aromatic rings. The molecule has 4 rings (SSSR count). The number of aromatic hydroxyl groups is 1. The second-order valence-electron chi connectivity index (χ2n) is 6.96. The largest absolute Gasteiger partial charge is 0.507 e. The number of phenols is 1. The number of rotatable bonds is 3. The Kier molecular flexibility index (Phi) is 3.74. The van der Waals surface area contributed by atoms with Gasteiger partial charge in [0.05, 0.1) is 6.61 Å². The van der Waals surface area contributed by atoms with Gasteiger partial charge in [-0.1, -0.05) is 18.2 Å². The van der Waals surface area contributed by atoms with E-state index >= 15 is 0 Å². The maximum absolute atomic E-state index is 12.5. The zero-order valence-corrected chi connectivity index (χ0v) is 14.4. The van der Waals surface area contributed by atoms with E-state index in [0.29, 0.717) is 17.9 Å². The minimum atomic E-state index is -0.173. The molecule has 2 aliphatic heterocycles. The molecule has 0 bridgehead atoms. The molecule has 25 heavy (non-hydrogen) atoms. The lowest BCUT2D eigenvalue weighted by Crippen LogP contribution is -2.56. The highest BCUT2D eigenvalue weighted by atomic mass is 16.5. The molecule has 2 heterocycles. The average Bonchev–Trinajstić information content (AvgIpc) is 2.96. The van der Waals surface area contributed by atoms with E-state index < -0.39 is 0 Å². The van der Waals surface area contributed by atoms with Gasteiger partial charge in [0.25, 0.3) is 0 Å². The van der Waals surface area contributed by atoms with Crippen LogP contribution in [0.15, 0.2) is 36.4 Å². The van der Waals surface area contributed by atoms with Crippen molar-refractivity contribution in [2.75, 3.05) is 13.1 Å². The standard InChI is InChI=1S/C21H21NO3/c1-13-7-15(8-14(2)20(13)24)3-6-19(23)16-4-5-18-17(9-16)10-25-21(18)11-22-12-21/h3-9,22,24H,10-12H2,1-2H3/b6-3+. The first-order chi connectivity index (χ1) is 12.0. The Hall–Kier alpha value is -2.43. The molecule has 128 valence electrons. The quantitative estimate of drug-likeness (QED) is 0.668. The fourth-order valence-electron chi connectivity index (χ4n) is 3.60. The fourth-order valence-corrected chi connectivity index (χ4v) is 3.60. The molecule has 1 saturated heterocycles. The third kappa shape index (κ3) is 2.68. The molecule has 0 atom stereocenters. The van der Waals surface area contributed by atoms with Gasteiger partial charge in [0.1, 0.15) is 11.4 Å². The number of allylic oxidation sites excluding steroid dienone is 1. The van der Waals surface area contributed by atoms with E-state index in [9.17, 15) is 9.90 Å². The van der Waals surface area contributed by atoms with Crippen molar-refractivity contribution in [2.45, 2.75) is 26.1 Å². The van der Waals surface area contributed by atoms with E-state index in [1.54, 1.807) is 12.2 Å². The van der Waals surface area contributed by atoms with Gasteiger partial charge in [-0.25, -0.2) is 0 Å². The summed E-state index contributed by atoms with van der Waals surface area (Å²) >= 11 is 0. The van der Waals surface area contributed by atoms with Crippen LogP contribution in [0.3, 0.4) is 0 Å². The maximum atomic E-state index is 12.5. The summed E-state index contributed by atoms with van der Waals surface area (Å²) in [5.74, 6) is 0.278. The molecule has 0 unspecified atom stereocenters. The number of ketones is 1. The zero-order valence-electron chi connectivity index (χ0n) is 14.4. The lowest BCUT2D eigenvalue weighted by atomic mass is 9.86. The monoisotopic (exact) mass is 335 g/mol. The molecule has 0 aliphatic carbocycles. The third-order valence-corrected chi connectivity index (χ3v) is 5.15. The Balaban J connectivity index is 1.56. The molecule has 4 heteroatoms. The molecule has 0 radical (unpaired) electrons. The zero-order chi connectivity index (χ0) is 17.6. The van der Waals surface area contributed by atoms with Crippen LogP contribution in [0.2, 0.25) is 0 Å². The van der Waals surface area contributed by atoms with Crippen LogP contribution in [0, 0.1) is 13.8 Å². The Morgan fingerprint density at radius 2 is 1.92 bits per heavy atom. The summed E-state index contributed by atoms with van der Waals surface area (Å²) in [6.45, 7) is 5.96. The van der Waals surface area contributed by atoms with Crippen molar-refractivity contribution < 1.29 is 14.6 Å². The first-order valence-electron chi connectivity index (χ1n) is 8.49. The van der Waals surface area contributed by atoms with E-state index in [0.717, 1.165) is 35.3 Å². The van der Waals surface area contributed by atoms with Crippen LogP contribution in [0.25, 0.3) is 6.08 Å². The molecule has 0 amide bonds. The molecule has 0 aromatic heterocycles. The van der Waals surface area contributed by atoms with Crippen LogP contribution in [0.4, 0.5) is 0 Å². The van der Waals surface area contributed by atoms with Crippen LogP contribution >= 0.6 is 0 Å². The molecule has 2 N–H and O–H groups in total. The van der Waals surface area contributed by atoms with Gasteiger partial charge in [-0.15, -0.1) is 0 Å². The van der Waals surface area contributed by atoms with Crippen molar-refractivity contribution in [3.8, 4) is 5.75 Å². The van der Waals surface area contributed by atoms with Gasteiger partial charge in [-0.3, -0.25) is 4.79 Å². The summed E-state index contributed by atoms with van der Waals surface area (Å²) in [5, 5.41) is 13.1. The lowest BCUT2D eigenvalue weighted by Gasteiger charge is -2.39. The maximum Gasteiger partial charge on any atom is 0.185 e. The van der Waals surface area contributed by atoms with Crippen LogP contribution in [0.5, 0.6) is 5.75 Å². The highest BCUT2D eigenvalue weighted by molar-refractivity contribution is 6.07. The highest BCUT2D eigenvalue weighted by Crippen LogP contribution is 2.39. The van der Waals surface area contributed by atoms with Gasteiger partial charge in [-0.05, 0) is 65.9 Å². The van der Waals surface area contributed by atoms with E-state index in [4.69, 9.17) is 4.74 Å². The normalized spacial score (nSPS) is 17.7. The summed E-state index contributed by atoms with van der Waals surface area (Å²) in [5.41, 5.74) is 5.34. The van der Waals surface area contributed by atoms with E-state index in [-0.39, 0.29) is 11.4 Å². The van der Waals surface area contributed by atoms with Gasteiger partial charge in [0, 0.05) is 18.7 Å². The van der Waals surface area contributed by atoms with Crippen molar-refractivity contribution in [1.82, 2.24) is 5.32 Å². The number of ether oxygens (including phenoxy) is 1. The predicted molar refractivity (Wildman–Crippen MR) is 96.7 cm³/mol. The van der Waals surface area contributed by atoms with E-state index in [1.165, 1.54) is 5.56 Å². The van der Waals surface area contributed by atoms with Crippen molar-refractivity contribution in [3.05, 3.63) is 69.8 Å². The first-order valence-corrected chi connectivity index (χ1v) is 8.49. The molecule has 2 aromatic carbocycles. The predicted octanol–water partition coefficient (Wildman–Crippen LogP) is 3.23. The SMILES string of the molecule is Cc1cc(/C=C/C(=O)c2ccc3c(c2)COC32CNC2)cc(C)c1O. The molecule has 1 fully saturated rings. The Morgan fingerprint density at radius 1 is 1.20 bits per heavy atom. The molecular weight excluding hydrogens is 314 g/mol. The molecule has 4 nitrogen and oxygen atoms in total. The van der Waals surface area contributed by atoms with Crippen LogP contribution < -0.4 is 5.32 Å². The topological polar surface area (TPSA) is 58.6 Å². The number of nitrogens with one attached hydrogen (secondary N) is 1. The molecule has 2 aliphatic rings. The number of carbonyl (C=O) groups is 1. The van der Waals surface area contributed by atoms with Gasteiger partial charge in [0.15, 0.2) is 5.78 Å². The number of benzene rings is 2. The summed E-state index contributed by atoms with van der Waals surface area (Å²) in [6, 6.07) is 9.60. The number of fused-ring (bicyclic) bond motifs is 2. The number of carbonyl (C=O) groups excluding carboxylic acids is 1. The van der Waals surface area contributed by atoms with Crippen molar-refractivity contribution >= 4 is 11.9 Å². The average molecular weight is 335 g/mol. The van der Waals surface area contributed by atoms with E-state index in [2.05, 4.69) is 5.32 Å². The summed E-state index contributed by atoms with van der Waals surface area (Å²) < 4.78 is 5.93. The van der Waals surface area contributed by atoms with Crippen molar-refractivity contribution in [2.24, 2.45) is 0 Å². The van der Waals surface area contributed by atoms with Gasteiger partial charge in [0.2, 0.25) is 0 Å². The number of hydrogen-bond donors (Lipinski definition) is 2. The van der Waals surface area contributed by atoms with Crippen LogP contribution in [0.1, 0.15) is 38.2 Å². The Labute approximate surface area is 147 Å². The summed E-state index contributed by atoms with van der Waals surface area (Å²) in [7, 11) is 0. The van der Waals surface area contributed by atoms with Crippen LogP contribution in [-0.2, 0) is 16.9 Å². The van der Waals surface area contributed by atoms with Gasteiger partial charge < -0.3 is 15.2 Å². The Bertz CT molecular complexity index is 871. The van der Waals surface area contributed by atoms with Crippen molar-refractivity contribution in [1.29, 1.82) is 0 Å². The minimum absolute atomic E-state index is 0.0288. The second kappa shape index (κ2) is 5.83. The van der Waals surface area contributed by atoms with Crippen molar-refractivity contribution in [3.63, 3.8) is 0 Å². The van der Waals surface area contributed by atoms with Gasteiger partial charge >= 0.3 is 0 Å². The number of aryl methyl sites for hydroxylation is 2. The molecule has 1 spiro atoms. The van der Waals surface area contributed by atoms with E-state index in [1.807, 2.05) is 44.2 Å². The summed E-state index contributed by atoms with van der Waals surface area (Å²) in [6.07, 6.45) is 3.38. The second-order valence-corrected chi connectivity index (χ2v) is 6.96. The highest BCUT2D eigenvalue weighted by Gasteiger charge is 2.45. The fraction of sp³-hybridized carbons (Fsp3) is 0.286. The number of phenolic OH excluding ortho intramolecular Hbond substituents is 1. The summed E-state index contributed by atoms with van der Waals surface area (Å²) in [4.78, 5) is 12.5. The number of hydrogen-bond acceptors (Lipinski definition) is 4. The minimum Gasteiger partial charge on any atom is -0.507 e. The van der Waals surface area contributed by atoms with Crippen LogP contribution in [-0.4, -0.2) is 24.0 Å². The first kappa shape index (κ1) is 16.1. The lowest BCUT2D eigenvalue weighted by molar-refractivity contribution is -0.0746. The Morgan fingerprint density at radius 3 is 2.56 bits per heavy atom. The van der Waals surface area contributed by atoms with Gasteiger partial charge in [-0.2, -0.15) is 0 Å².